The summed E-state index contributed by atoms with van der Waals surface area (Å²) in [6.45, 7) is 2.62. The molecule has 2 amide bonds. The van der Waals surface area contributed by atoms with E-state index in [9.17, 15) is 9.59 Å². The molecular formula is C24H21ClN2O2S. The minimum atomic E-state index is -0.220. The zero-order chi connectivity index (χ0) is 21.1. The molecule has 1 aliphatic heterocycles. The highest BCUT2D eigenvalue weighted by molar-refractivity contribution is 8.00. The number of hydrogen-bond donors (Lipinski definition) is 1. The zero-order valence-corrected chi connectivity index (χ0v) is 18.1. The number of carbonyl (C=O) groups is 2. The van der Waals surface area contributed by atoms with Gasteiger partial charge in [-0.15, -0.1) is 11.8 Å². The number of nitrogens with one attached hydrogen (secondary N) is 1. The van der Waals surface area contributed by atoms with Crippen LogP contribution < -0.4 is 10.2 Å². The van der Waals surface area contributed by atoms with Crippen LogP contribution in [0.2, 0.25) is 5.02 Å². The van der Waals surface area contributed by atoms with Crippen molar-refractivity contribution in [1.29, 1.82) is 0 Å². The van der Waals surface area contributed by atoms with Gasteiger partial charge in [0.2, 0.25) is 5.91 Å². The Labute approximate surface area is 185 Å². The second-order valence-corrected chi connectivity index (χ2v) is 8.58. The van der Waals surface area contributed by atoms with Crippen LogP contribution in [0.4, 0.5) is 11.4 Å². The Balaban J connectivity index is 1.47. The maximum absolute atomic E-state index is 12.9. The predicted octanol–water partition coefficient (Wildman–Crippen LogP) is 5.58. The maximum atomic E-state index is 12.9. The molecule has 30 heavy (non-hydrogen) atoms. The number of thioether (sulfide) groups is 1. The Kier molecular flexibility index (Phi) is 6.11. The van der Waals surface area contributed by atoms with E-state index in [0.29, 0.717) is 22.8 Å². The molecule has 4 rings (SSSR count). The molecule has 0 aromatic heterocycles. The van der Waals surface area contributed by atoms with E-state index in [1.165, 1.54) is 17.3 Å². The van der Waals surface area contributed by atoms with Gasteiger partial charge in [-0.05, 0) is 54.8 Å². The molecule has 152 valence electrons. The van der Waals surface area contributed by atoms with Gasteiger partial charge in [-0.1, -0.05) is 48.0 Å². The maximum Gasteiger partial charge on any atom is 0.256 e. The predicted molar refractivity (Wildman–Crippen MR) is 124 cm³/mol. The van der Waals surface area contributed by atoms with E-state index in [1.54, 1.807) is 18.2 Å². The lowest BCUT2D eigenvalue weighted by atomic mass is 10.1. The number of rotatable bonds is 5. The number of nitrogens with zero attached hydrogens (tertiary/aromatic N) is 1. The minimum Gasteiger partial charge on any atom is -0.322 e. The summed E-state index contributed by atoms with van der Waals surface area (Å²) in [5, 5.41) is 3.50. The Morgan fingerprint density at radius 1 is 1.07 bits per heavy atom. The molecule has 0 radical (unpaired) electrons. The molecule has 0 saturated carbocycles. The summed E-state index contributed by atoms with van der Waals surface area (Å²) in [4.78, 5) is 28.3. The van der Waals surface area contributed by atoms with Gasteiger partial charge in [0.05, 0.1) is 11.3 Å². The van der Waals surface area contributed by atoms with Crippen LogP contribution in [-0.4, -0.2) is 24.1 Å². The summed E-state index contributed by atoms with van der Waals surface area (Å²) in [6.07, 6.45) is 0.880. The highest BCUT2D eigenvalue weighted by Crippen LogP contribution is 2.30. The number of halogens is 1. The van der Waals surface area contributed by atoms with Gasteiger partial charge in [0, 0.05) is 27.8 Å². The number of hydrogen-bond acceptors (Lipinski definition) is 3. The van der Waals surface area contributed by atoms with Gasteiger partial charge in [-0.25, -0.2) is 0 Å². The van der Waals surface area contributed by atoms with Crippen molar-refractivity contribution in [3.05, 3.63) is 88.4 Å². The topological polar surface area (TPSA) is 49.4 Å². The summed E-state index contributed by atoms with van der Waals surface area (Å²) < 4.78 is 0. The molecule has 0 spiro atoms. The normalized spacial score (nSPS) is 12.5. The number of fused-ring (bicyclic) bond motifs is 1. The van der Waals surface area contributed by atoms with Gasteiger partial charge < -0.3 is 10.2 Å². The van der Waals surface area contributed by atoms with Crippen LogP contribution in [0.3, 0.4) is 0 Å². The fraction of sp³-hybridized carbons (Fsp3) is 0.167. The lowest BCUT2D eigenvalue weighted by Gasteiger charge is -2.17. The lowest BCUT2D eigenvalue weighted by Crippen LogP contribution is -2.30. The van der Waals surface area contributed by atoms with Crippen LogP contribution in [-0.2, 0) is 11.2 Å². The molecule has 0 aliphatic carbocycles. The summed E-state index contributed by atoms with van der Waals surface area (Å²) in [7, 11) is 0. The van der Waals surface area contributed by atoms with Crippen LogP contribution in [0.1, 0.15) is 21.5 Å². The zero-order valence-electron chi connectivity index (χ0n) is 16.5. The van der Waals surface area contributed by atoms with E-state index in [-0.39, 0.29) is 17.6 Å². The standard InChI is InChI=1S/C24H21ClN2O2S/c1-16-10-11-18(25)14-20(16)26-24(29)19-7-3-5-9-22(19)30-15-23(28)27-13-12-17-6-2-4-8-21(17)27/h2-11,14H,12-13,15H2,1H3,(H,26,29). The van der Waals surface area contributed by atoms with Crippen LogP contribution in [0, 0.1) is 6.92 Å². The first-order valence-electron chi connectivity index (χ1n) is 9.70. The summed E-state index contributed by atoms with van der Waals surface area (Å²) >= 11 is 7.45. The smallest absolute Gasteiger partial charge is 0.256 e. The molecule has 1 aliphatic rings. The van der Waals surface area contributed by atoms with E-state index >= 15 is 0 Å². The molecule has 4 nitrogen and oxygen atoms in total. The third-order valence-electron chi connectivity index (χ3n) is 5.12. The van der Waals surface area contributed by atoms with Crippen molar-refractivity contribution >= 4 is 46.6 Å². The molecule has 1 N–H and O–H groups in total. The van der Waals surface area contributed by atoms with Crippen molar-refractivity contribution < 1.29 is 9.59 Å². The largest absolute Gasteiger partial charge is 0.322 e. The first-order chi connectivity index (χ1) is 14.5. The van der Waals surface area contributed by atoms with Crippen LogP contribution in [0.5, 0.6) is 0 Å². The van der Waals surface area contributed by atoms with E-state index in [2.05, 4.69) is 11.4 Å². The second-order valence-electron chi connectivity index (χ2n) is 7.12. The van der Waals surface area contributed by atoms with Crippen molar-refractivity contribution in [2.45, 2.75) is 18.2 Å². The Morgan fingerprint density at radius 2 is 1.83 bits per heavy atom. The summed E-state index contributed by atoms with van der Waals surface area (Å²) in [5.41, 5.74) is 4.34. The lowest BCUT2D eigenvalue weighted by molar-refractivity contribution is -0.116. The van der Waals surface area contributed by atoms with E-state index in [1.807, 2.05) is 54.3 Å². The Hall–Kier alpha value is -2.76. The van der Waals surface area contributed by atoms with E-state index < -0.39 is 0 Å². The van der Waals surface area contributed by atoms with Crippen LogP contribution in [0.25, 0.3) is 0 Å². The number of carbonyl (C=O) groups excluding carboxylic acids is 2. The SMILES string of the molecule is Cc1ccc(Cl)cc1NC(=O)c1ccccc1SCC(=O)N1CCc2ccccc21. The molecular weight excluding hydrogens is 416 g/mol. The average molecular weight is 437 g/mol. The van der Waals surface area contributed by atoms with Crippen LogP contribution in [0.15, 0.2) is 71.6 Å². The van der Waals surface area contributed by atoms with E-state index in [4.69, 9.17) is 11.6 Å². The van der Waals surface area contributed by atoms with Crippen molar-refractivity contribution in [2.75, 3.05) is 22.5 Å². The summed E-state index contributed by atoms with van der Waals surface area (Å²) in [5.74, 6) is 0.0998. The quantitative estimate of drug-likeness (QED) is 0.531. The number of amides is 2. The average Bonchev–Trinajstić information content (AvgIpc) is 3.19. The fourth-order valence-corrected chi connectivity index (χ4v) is 4.61. The third kappa shape index (κ3) is 4.37. The molecule has 0 saturated heterocycles. The highest BCUT2D eigenvalue weighted by atomic mass is 35.5. The fourth-order valence-electron chi connectivity index (χ4n) is 3.51. The second kappa shape index (κ2) is 8.94. The third-order valence-corrected chi connectivity index (χ3v) is 6.41. The number of benzene rings is 3. The molecule has 0 fully saturated rings. The van der Waals surface area contributed by atoms with Gasteiger partial charge in [0.1, 0.15) is 0 Å². The van der Waals surface area contributed by atoms with Crippen molar-refractivity contribution in [1.82, 2.24) is 0 Å². The van der Waals surface area contributed by atoms with Gasteiger partial charge in [0.15, 0.2) is 0 Å². The number of para-hydroxylation sites is 1. The van der Waals surface area contributed by atoms with Crippen molar-refractivity contribution in [2.24, 2.45) is 0 Å². The van der Waals surface area contributed by atoms with E-state index in [0.717, 1.165) is 22.6 Å². The molecule has 3 aromatic rings. The number of aryl methyl sites for hydroxylation is 1. The van der Waals surface area contributed by atoms with Crippen LogP contribution >= 0.6 is 23.4 Å². The molecule has 0 atom stereocenters. The minimum absolute atomic E-state index is 0.0471. The molecule has 0 bridgehead atoms. The number of anilines is 2. The molecule has 3 aromatic carbocycles. The first kappa shape index (κ1) is 20.5. The van der Waals surface area contributed by atoms with Gasteiger partial charge in [0.25, 0.3) is 5.91 Å². The van der Waals surface area contributed by atoms with Crippen molar-refractivity contribution in [3.8, 4) is 0 Å². The van der Waals surface area contributed by atoms with Gasteiger partial charge in [-0.3, -0.25) is 9.59 Å². The summed E-state index contributed by atoms with van der Waals surface area (Å²) in [6, 6.07) is 20.7. The van der Waals surface area contributed by atoms with Gasteiger partial charge >= 0.3 is 0 Å². The monoisotopic (exact) mass is 436 g/mol. The highest BCUT2D eigenvalue weighted by Gasteiger charge is 2.24. The first-order valence-corrected chi connectivity index (χ1v) is 11.1. The Bertz CT molecular complexity index is 1120. The molecule has 6 heteroatoms. The van der Waals surface area contributed by atoms with Crippen molar-refractivity contribution in [3.63, 3.8) is 0 Å². The Morgan fingerprint density at radius 3 is 2.70 bits per heavy atom. The molecule has 1 heterocycles. The van der Waals surface area contributed by atoms with Gasteiger partial charge in [-0.2, -0.15) is 0 Å². The molecule has 0 unspecified atom stereocenters.